The third-order valence-electron chi connectivity index (χ3n) is 7.74. The Balaban J connectivity index is 1.58. The molecular weight excluding hydrogens is 392 g/mol. The predicted molar refractivity (Wildman–Crippen MR) is 120 cm³/mol. The van der Waals surface area contributed by atoms with Crippen LogP contribution in [0.5, 0.6) is 11.5 Å². The fourth-order valence-corrected chi connectivity index (χ4v) is 6.10. The van der Waals surface area contributed by atoms with E-state index in [9.17, 15) is 9.90 Å². The summed E-state index contributed by atoms with van der Waals surface area (Å²) >= 11 is 0. The zero-order valence-corrected chi connectivity index (χ0v) is 19.1. The van der Waals surface area contributed by atoms with Crippen molar-refractivity contribution < 1.29 is 19.4 Å². The van der Waals surface area contributed by atoms with Crippen LogP contribution in [-0.4, -0.2) is 54.9 Å². The summed E-state index contributed by atoms with van der Waals surface area (Å²) in [4.78, 5) is 15.2. The summed E-state index contributed by atoms with van der Waals surface area (Å²) in [7, 11) is 3.29. The van der Waals surface area contributed by atoms with Crippen molar-refractivity contribution in [2.75, 3.05) is 27.3 Å². The lowest BCUT2D eigenvalue weighted by Gasteiger charge is -2.52. The Hall–Kier alpha value is -1.79. The molecule has 6 heteroatoms. The number of rotatable bonds is 6. The molecule has 1 aromatic rings. The van der Waals surface area contributed by atoms with Crippen LogP contribution in [0.1, 0.15) is 75.8 Å². The average molecular weight is 431 g/mol. The molecule has 6 nitrogen and oxygen atoms in total. The number of amides is 1. The molecular formula is C25H38N2O4. The van der Waals surface area contributed by atoms with Crippen LogP contribution in [-0.2, 0) is 4.79 Å². The highest BCUT2D eigenvalue weighted by atomic mass is 16.5. The van der Waals surface area contributed by atoms with Gasteiger partial charge in [0.15, 0.2) is 11.5 Å². The van der Waals surface area contributed by atoms with E-state index in [4.69, 9.17) is 9.47 Å². The Morgan fingerprint density at radius 3 is 2.55 bits per heavy atom. The fraction of sp³-hybridized carbons (Fsp3) is 0.720. The van der Waals surface area contributed by atoms with E-state index in [-0.39, 0.29) is 17.9 Å². The van der Waals surface area contributed by atoms with Crippen molar-refractivity contribution in [1.82, 2.24) is 10.2 Å². The highest BCUT2D eigenvalue weighted by molar-refractivity contribution is 5.78. The van der Waals surface area contributed by atoms with Gasteiger partial charge in [-0.3, -0.25) is 9.69 Å². The first-order valence-electron chi connectivity index (χ1n) is 12.0. The second-order valence-corrected chi connectivity index (χ2v) is 9.64. The summed E-state index contributed by atoms with van der Waals surface area (Å²) in [6, 6.07) is 6.34. The smallest absolute Gasteiger partial charge is 0.234 e. The van der Waals surface area contributed by atoms with Crippen LogP contribution in [0.2, 0.25) is 0 Å². The summed E-state index contributed by atoms with van der Waals surface area (Å²) in [5.74, 6) is 1.62. The van der Waals surface area contributed by atoms with Crippen LogP contribution >= 0.6 is 0 Å². The highest BCUT2D eigenvalue weighted by Gasteiger charge is 2.49. The molecule has 172 valence electrons. The van der Waals surface area contributed by atoms with E-state index >= 15 is 0 Å². The normalized spacial score (nSPS) is 29.8. The van der Waals surface area contributed by atoms with E-state index in [0.29, 0.717) is 24.1 Å². The lowest BCUT2D eigenvalue weighted by Crippen LogP contribution is -2.56. The molecule has 3 aliphatic rings. The number of likely N-dealkylation sites (tertiary alicyclic amines) is 1. The van der Waals surface area contributed by atoms with Gasteiger partial charge in [-0.25, -0.2) is 0 Å². The van der Waals surface area contributed by atoms with Crippen molar-refractivity contribution >= 4 is 5.91 Å². The van der Waals surface area contributed by atoms with Crippen LogP contribution in [0.25, 0.3) is 0 Å². The van der Waals surface area contributed by atoms with Gasteiger partial charge in [-0.1, -0.05) is 38.2 Å². The zero-order valence-electron chi connectivity index (χ0n) is 19.1. The van der Waals surface area contributed by atoms with Crippen LogP contribution in [0.3, 0.4) is 0 Å². The van der Waals surface area contributed by atoms with Gasteiger partial charge >= 0.3 is 0 Å². The van der Waals surface area contributed by atoms with Gasteiger partial charge in [-0.2, -0.15) is 0 Å². The largest absolute Gasteiger partial charge is 0.493 e. The molecule has 4 rings (SSSR count). The molecule has 1 amide bonds. The number of hydrogen-bond acceptors (Lipinski definition) is 5. The first kappa shape index (κ1) is 22.4. The standard InChI is InChI=1S/C25H38N2O4/c1-30-21-12-11-18(16-22(21)31-2)24-20-10-6-7-13-25(20,29)14-15-27(24)17-23(28)26-19-8-4-3-5-9-19/h11-12,16,19-20,24,29H,3-10,13-15,17H2,1-2H3,(H,26,28)/t20?,24-,25?/m0/s1. The monoisotopic (exact) mass is 430 g/mol. The molecule has 3 fully saturated rings. The molecule has 0 radical (unpaired) electrons. The van der Waals surface area contributed by atoms with E-state index in [1.54, 1.807) is 14.2 Å². The molecule has 0 aromatic heterocycles. The third-order valence-corrected chi connectivity index (χ3v) is 7.74. The van der Waals surface area contributed by atoms with Gasteiger partial charge in [0.05, 0.1) is 26.4 Å². The first-order chi connectivity index (χ1) is 15.0. The van der Waals surface area contributed by atoms with Crippen LogP contribution in [0, 0.1) is 5.92 Å². The van der Waals surface area contributed by atoms with Crippen LogP contribution in [0.15, 0.2) is 18.2 Å². The second-order valence-electron chi connectivity index (χ2n) is 9.64. The maximum atomic E-state index is 13.0. The van der Waals surface area contributed by atoms with Crippen molar-refractivity contribution in [2.45, 2.75) is 81.9 Å². The predicted octanol–water partition coefficient (Wildman–Crippen LogP) is 3.82. The zero-order chi connectivity index (χ0) is 21.8. The maximum absolute atomic E-state index is 13.0. The SMILES string of the molecule is COc1ccc([C@H]2C3CCCCC3(O)CCN2CC(=O)NC2CCCCC2)cc1OC. The number of nitrogens with zero attached hydrogens (tertiary/aromatic N) is 1. The van der Waals surface area contributed by atoms with Gasteiger partial charge in [0.25, 0.3) is 0 Å². The Morgan fingerprint density at radius 1 is 1.06 bits per heavy atom. The minimum Gasteiger partial charge on any atom is -0.493 e. The van der Waals surface area contributed by atoms with Gasteiger partial charge in [0.1, 0.15) is 0 Å². The minimum atomic E-state index is -0.646. The summed E-state index contributed by atoms with van der Waals surface area (Å²) in [5, 5.41) is 14.8. The highest BCUT2D eigenvalue weighted by Crippen LogP contribution is 2.50. The summed E-state index contributed by atoms with van der Waals surface area (Å²) < 4.78 is 11.0. The van der Waals surface area contributed by atoms with Gasteiger partial charge in [0.2, 0.25) is 5.91 Å². The first-order valence-corrected chi connectivity index (χ1v) is 12.0. The number of ether oxygens (including phenoxy) is 2. The summed E-state index contributed by atoms with van der Waals surface area (Å²) in [6.07, 6.45) is 10.6. The maximum Gasteiger partial charge on any atom is 0.234 e. The topological polar surface area (TPSA) is 71.0 Å². The molecule has 31 heavy (non-hydrogen) atoms. The number of methoxy groups -OCH3 is 2. The molecule has 3 atom stereocenters. The molecule has 1 saturated heterocycles. The molecule has 2 unspecified atom stereocenters. The van der Waals surface area contributed by atoms with E-state index in [0.717, 1.165) is 57.1 Å². The lowest BCUT2D eigenvalue weighted by molar-refractivity contribution is -0.138. The van der Waals surface area contributed by atoms with Crippen molar-refractivity contribution in [2.24, 2.45) is 5.92 Å². The molecule has 1 aromatic carbocycles. The molecule has 2 aliphatic carbocycles. The van der Waals surface area contributed by atoms with E-state index in [1.165, 1.54) is 19.3 Å². The molecule has 1 heterocycles. The number of carbonyl (C=O) groups excluding carboxylic acids is 1. The Labute approximate surface area is 186 Å². The van der Waals surface area contributed by atoms with E-state index < -0.39 is 5.60 Å². The van der Waals surface area contributed by atoms with Crippen molar-refractivity contribution in [3.05, 3.63) is 23.8 Å². The number of nitrogens with one attached hydrogen (secondary N) is 1. The minimum absolute atomic E-state index is 0.00374. The number of carbonyl (C=O) groups is 1. The number of piperidine rings is 1. The van der Waals surface area contributed by atoms with Gasteiger partial charge in [-0.05, 0) is 49.8 Å². The van der Waals surface area contributed by atoms with Crippen molar-refractivity contribution in [3.63, 3.8) is 0 Å². The van der Waals surface area contributed by atoms with Crippen LogP contribution in [0.4, 0.5) is 0 Å². The lowest BCUT2D eigenvalue weighted by atomic mass is 9.66. The quantitative estimate of drug-likeness (QED) is 0.718. The Morgan fingerprint density at radius 2 is 1.81 bits per heavy atom. The Bertz CT molecular complexity index is 764. The van der Waals surface area contributed by atoms with Crippen molar-refractivity contribution in [3.8, 4) is 11.5 Å². The number of fused-ring (bicyclic) bond motifs is 1. The number of hydrogen-bond donors (Lipinski definition) is 2. The molecule has 0 spiro atoms. The average Bonchev–Trinajstić information content (AvgIpc) is 2.79. The molecule has 1 aliphatic heterocycles. The molecule has 2 N–H and O–H groups in total. The number of aliphatic hydroxyl groups is 1. The summed E-state index contributed by atoms with van der Waals surface area (Å²) in [6.45, 7) is 1.10. The fourth-order valence-electron chi connectivity index (χ4n) is 6.10. The van der Waals surface area contributed by atoms with Gasteiger partial charge in [0, 0.05) is 24.5 Å². The van der Waals surface area contributed by atoms with Gasteiger partial charge in [-0.15, -0.1) is 0 Å². The molecule has 0 bridgehead atoms. The summed E-state index contributed by atoms with van der Waals surface area (Å²) in [5.41, 5.74) is 0.444. The molecule has 2 saturated carbocycles. The number of benzene rings is 1. The van der Waals surface area contributed by atoms with Crippen molar-refractivity contribution in [1.29, 1.82) is 0 Å². The van der Waals surface area contributed by atoms with E-state index in [2.05, 4.69) is 16.3 Å². The second kappa shape index (κ2) is 9.78. The Kier molecular flexibility index (Phi) is 7.07. The van der Waals surface area contributed by atoms with Crippen LogP contribution < -0.4 is 14.8 Å². The van der Waals surface area contributed by atoms with E-state index in [1.807, 2.05) is 12.1 Å². The third kappa shape index (κ3) is 4.85. The van der Waals surface area contributed by atoms with Gasteiger partial charge < -0.3 is 19.9 Å².